The third-order valence-electron chi connectivity index (χ3n) is 2.81. The molecule has 0 saturated carbocycles. The molecular formula is C15H14F2N2S2. The van der Waals surface area contributed by atoms with Gasteiger partial charge >= 0.3 is 0 Å². The summed E-state index contributed by atoms with van der Waals surface area (Å²) in [4.78, 5) is 0.736. The summed E-state index contributed by atoms with van der Waals surface area (Å²) < 4.78 is 25.2. The van der Waals surface area contributed by atoms with Crippen LogP contribution in [0.5, 0.6) is 0 Å². The first-order chi connectivity index (χ1) is 9.97. The van der Waals surface area contributed by atoms with E-state index in [1.807, 2.05) is 25.1 Å². The second-order valence-corrected chi connectivity index (χ2v) is 5.88. The highest BCUT2D eigenvalue weighted by Gasteiger charge is 2.12. The SMILES string of the molecule is Cc1ccc(C(N)=S)c(Nc2ccccc2SC(F)F)c1. The van der Waals surface area contributed by atoms with E-state index in [4.69, 9.17) is 18.0 Å². The lowest BCUT2D eigenvalue weighted by Crippen LogP contribution is -2.12. The molecule has 21 heavy (non-hydrogen) atoms. The van der Waals surface area contributed by atoms with Crippen LogP contribution in [0.15, 0.2) is 47.4 Å². The lowest BCUT2D eigenvalue weighted by Gasteiger charge is -2.15. The van der Waals surface area contributed by atoms with Crippen LogP contribution in [0.1, 0.15) is 11.1 Å². The second-order valence-electron chi connectivity index (χ2n) is 4.41. The minimum Gasteiger partial charge on any atom is -0.389 e. The van der Waals surface area contributed by atoms with Crippen LogP contribution in [0.2, 0.25) is 0 Å². The lowest BCUT2D eigenvalue weighted by molar-refractivity contribution is 0.252. The van der Waals surface area contributed by atoms with Gasteiger partial charge in [-0.2, -0.15) is 8.78 Å². The molecule has 0 spiro atoms. The number of nitrogens with two attached hydrogens (primary N) is 1. The first kappa shape index (κ1) is 15.7. The number of thiocarbonyl (C=S) groups is 1. The number of rotatable bonds is 5. The Morgan fingerprint density at radius 1 is 1.19 bits per heavy atom. The van der Waals surface area contributed by atoms with Crippen LogP contribution in [-0.4, -0.2) is 10.7 Å². The quantitative estimate of drug-likeness (QED) is 0.618. The Morgan fingerprint density at radius 3 is 2.57 bits per heavy atom. The highest BCUT2D eigenvalue weighted by atomic mass is 32.2. The van der Waals surface area contributed by atoms with Crippen molar-refractivity contribution >= 4 is 40.3 Å². The third kappa shape index (κ3) is 4.15. The van der Waals surface area contributed by atoms with Crippen molar-refractivity contribution in [3.8, 4) is 0 Å². The lowest BCUT2D eigenvalue weighted by atomic mass is 10.1. The van der Waals surface area contributed by atoms with Crippen molar-refractivity contribution in [2.75, 3.05) is 5.32 Å². The summed E-state index contributed by atoms with van der Waals surface area (Å²) in [6.45, 7) is 1.94. The van der Waals surface area contributed by atoms with Crippen LogP contribution in [0.4, 0.5) is 20.2 Å². The first-order valence-corrected chi connectivity index (χ1v) is 7.47. The Kier molecular flexibility index (Phi) is 5.14. The standard InChI is InChI=1S/C15H14F2N2S2/c1-9-6-7-10(14(18)20)12(8-9)19-11-4-2-3-5-13(11)21-15(16)17/h2-8,15,19H,1H3,(H2,18,20). The van der Waals surface area contributed by atoms with E-state index >= 15 is 0 Å². The maximum Gasteiger partial charge on any atom is 0.288 e. The Bertz CT molecular complexity index is 660. The monoisotopic (exact) mass is 324 g/mol. The summed E-state index contributed by atoms with van der Waals surface area (Å²) in [5, 5.41) is 3.15. The molecule has 0 unspecified atom stereocenters. The number of thioether (sulfide) groups is 1. The van der Waals surface area contributed by atoms with Crippen LogP contribution < -0.4 is 11.1 Å². The van der Waals surface area contributed by atoms with Gasteiger partial charge in [-0.05, 0) is 36.8 Å². The molecule has 0 fully saturated rings. The Balaban J connectivity index is 2.38. The number of hydrogen-bond acceptors (Lipinski definition) is 3. The molecule has 2 nitrogen and oxygen atoms in total. The molecule has 110 valence electrons. The molecule has 2 rings (SSSR count). The fraction of sp³-hybridized carbons (Fsp3) is 0.133. The van der Waals surface area contributed by atoms with Gasteiger partial charge in [0.2, 0.25) is 0 Å². The van der Waals surface area contributed by atoms with Gasteiger partial charge in [-0.15, -0.1) is 0 Å². The number of halogens is 2. The van der Waals surface area contributed by atoms with Gasteiger partial charge in [-0.3, -0.25) is 0 Å². The van der Waals surface area contributed by atoms with Gasteiger partial charge < -0.3 is 11.1 Å². The molecule has 0 aliphatic rings. The summed E-state index contributed by atoms with van der Waals surface area (Å²) in [7, 11) is 0. The molecule has 6 heteroatoms. The van der Waals surface area contributed by atoms with E-state index in [1.54, 1.807) is 24.3 Å². The molecule has 2 aromatic rings. The predicted octanol–water partition coefficient (Wildman–Crippen LogP) is 4.69. The van der Waals surface area contributed by atoms with Gasteiger partial charge in [0.05, 0.1) is 5.69 Å². The zero-order chi connectivity index (χ0) is 15.4. The molecule has 2 aromatic carbocycles. The molecule has 3 N–H and O–H groups in total. The average Bonchev–Trinajstić information content (AvgIpc) is 2.40. The fourth-order valence-corrected chi connectivity index (χ4v) is 2.66. The van der Waals surface area contributed by atoms with Gasteiger partial charge in [-0.25, -0.2) is 0 Å². The highest BCUT2D eigenvalue weighted by molar-refractivity contribution is 7.99. The van der Waals surface area contributed by atoms with Crippen molar-refractivity contribution in [2.24, 2.45) is 5.73 Å². The number of hydrogen-bond donors (Lipinski definition) is 2. The van der Waals surface area contributed by atoms with Crippen molar-refractivity contribution in [1.82, 2.24) is 0 Å². The van der Waals surface area contributed by atoms with Gasteiger partial charge in [0.25, 0.3) is 5.76 Å². The number of anilines is 2. The first-order valence-electron chi connectivity index (χ1n) is 6.18. The molecule has 0 radical (unpaired) electrons. The van der Waals surface area contributed by atoms with Crippen LogP contribution in [0.3, 0.4) is 0 Å². The minimum atomic E-state index is -2.47. The van der Waals surface area contributed by atoms with Gasteiger partial charge in [-0.1, -0.05) is 42.2 Å². The molecule has 0 bridgehead atoms. The smallest absolute Gasteiger partial charge is 0.288 e. The van der Waals surface area contributed by atoms with Crippen molar-refractivity contribution < 1.29 is 8.78 Å². The zero-order valence-corrected chi connectivity index (χ0v) is 12.9. The second kappa shape index (κ2) is 6.87. The molecular weight excluding hydrogens is 310 g/mol. The van der Waals surface area contributed by atoms with E-state index in [-0.39, 0.29) is 4.99 Å². The molecule has 0 aromatic heterocycles. The van der Waals surface area contributed by atoms with Crippen molar-refractivity contribution in [3.05, 3.63) is 53.6 Å². The Morgan fingerprint density at radius 2 is 1.90 bits per heavy atom. The zero-order valence-electron chi connectivity index (χ0n) is 11.3. The molecule has 0 amide bonds. The normalized spacial score (nSPS) is 10.7. The summed E-state index contributed by atoms with van der Waals surface area (Å²) in [5.74, 6) is -2.47. The van der Waals surface area contributed by atoms with E-state index in [9.17, 15) is 8.78 Å². The van der Waals surface area contributed by atoms with Gasteiger partial charge in [0.15, 0.2) is 0 Å². The number of alkyl halides is 2. The van der Waals surface area contributed by atoms with E-state index in [1.165, 1.54) is 0 Å². The van der Waals surface area contributed by atoms with E-state index in [2.05, 4.69) is 5.32 Å². The van der Waals surface area contributed by atoms with Crippen molar-refractivity contribution in [1.29, 1.82) is 0 Å². The Hall–Kier alpha value is -1.66. The van der Waals surface area contributed by atoms with Gasteiger partial charge in [0, 0.05) is 16.1 Å². The van der Waals surface area contributed by atoms with Crippen molar-refractivity contribution in [3.63, 3.8) is 0 Å². The highest BCUT2D eigenvalue weighted by Crippen LogP contribution is 2.34. The Labute approximate surface area is 131 Å². The maximum atomic E-state index is 12.6. The van der Waals surface area contributed by atoms with Crippen LogP contribution in [0.25, 0.3) is 0 Å². The topological polar surface area (TPSA) is 38.0 Å². The minimum absolute atomic E-state index is 0.261. The summed E-state index contributed by atoms with van der Waals surface area (Å²) in [6, 6.07) is 12.5. The number of para-hydroxylation sites is 1. The molecule has 0 aliphatic carbocycles. The summed E-state index contributed by atoms with van der Waals surface area (Å²) in [5.41, 5.74) is 8.73. The summed E-state index contributed by atoms with van der Waals surface area (Å²) in [6.07, 6.45) is 0. The van der Waals surface area contributed by atoms with Crippen LogP contribution in [0, 0.1) is 6.92 Å². The molecule has 0 heterocycles. The van der Waals surface area contributed by atoms with Gasteiger partial charge in [0.1, 0.15) is 4.99 Å². The molecule has 0 saturated heterocycles. The third-order valence-corrected chi connectivity index (χ3v) is 3.82. The average molecular weight is 324 g/mol. The summed E-state index contributed by atoms with van der Waals surface area (Å²) >= 11 is 5.53. The number of benzene rings is 2. The number of nitrogens with one attached hydrogen (secondary N) is 1. The fourth-order valence-electron chi connectivity index (χ4n) is 1.89. The predicted molar refractivity (Wildman–Crippen MR) is 88.7 cm³/mol. The molecule has 0 aliphatic heterocycles. The maximum absolute atomic E-state index is 12.6. The van der Waals surface area contributed by atoms with E-state index in [0.29, 0.717) is 33.6 Å². The van der Waals surface area contributed by atoms with Crippen molar-refractivity contribution in [2.45, 2.75) is 17.6 Å². The number of aryl methyl sites for hydroxylation is 1. The molecule has 0 atom stereocenters. The van der Waals surface area contributed by atoms with E-state index < -0.39 is 5.76 Å². The van der Waals surface area contributed by atoms with E-state index in [0.717, 1.165) is 5.56 Å². The largest absolute Gasteiger partial charge is 0.389 e. The van der Waals surface area contributed by atoms with Crippen LogP contribution >= 0.6 is 24.0 Å². The van der Waals surface area contributed by atoms with Crippen LogP contribution in [-0.2, 0) is 0 Å².